The number of halogens is 1. The molecule has 108 valence electrons. The Morgan fingerprint density at radius 2 is 2.00 bits per heavy atom. The van der Waals surface area contributed by atoms with Gasteiger partial charge in [0.15, 0.2) is 0 Å². The minimum atomic E-state index is -1.09. The molecule has 0 saturated carbocycles. The summed E-state index contributed by atoms with van der Waals surface area (Å²) in [5.74, 6) is -3.36. The Bertz CT molecular complexity index is 548. The minimum Gasteiger partial charge on any atom is -0.481 e. The lowest BCUT2D eigenvalue weighted by Gasteiger charge is -2.12. The van der Waals surface area contributed by atoms with Crippen LogP contribution in [0.3, 0.4) is 0 Å². The van der Waals surface area contributed by atoms with E-state index in [1.165, 1.54) is 6.07 Å². The first-order chi connectivity index (χ1) is 9.31. The van der Waals surface area contributed by atoms with Crippen LogP contribution in [0.15, 0.2) is 18.2 Å². The molecule has 20 heavy (non-hydrogen) atoms. The molecule has 0 aliphatic rings. The number of carbonyl (C=O) groups excluding carboxylic acids is 2. The highest BCUT2D eigenvalue weighted by Crippen LogP contribution is 2.16. The first-order valence-electron chi connectivity index (χ1n) is 5.69. The summed E-state index contributed by atoms with van der Waals surface area (Å²) in [6.45, 7) is 0. The summed E-state index contributed by atoms with van der Waals surface area (Å²) in [7, 11) is 0. The first kappa shape index (κ1) is 15.6. The van der Waals surface area contributed by atoms with Crippen molar-refractivity contribution in [2.45, 2.75) is 18.9 Å². The molecular weight excluding hydrogens is 269 g/mol. The molecule has 8 heteroatoms. The fourth-order valence-corrected chi connectivity index (χ4v) is 1.41. The second-order valence-electron chi connectivity index (χ2n) is 4.09. The van der Waals surface area contributed by atoms with Gasteiger partial charge in [-0.3, -0.25) is 14.4 Å². The highest BCUT2D eigenvalue weighted by Gasteiger charge is 2.17. The first-order valence-corrected chi connectivity index (χ1v) is 5.69. The van der Waals surface area contributed by atoms with E-state index in [1.54, 1.807) is 0 Å². The van der Waals surface area contributed by atoms with Crippen molar-refractivity contribution in [3.63, 3.8) is 0 Å². The molecule has 0 spiro atoms. The van der Waals surface area contributed by atoms with E-state index in [0.717, 1.165) is 12.1 Å². The predicted molar refractivity (Wildman–Crippen MR) is 68.4 cm³/mol. The van der Waals surface area contributed by atoms with E-state index in [2.05, 4.69) is 5.32 Å². The van der Waals surface area contributed by atoms with Crippen LogP contribution in [0.4, 0.5) is 10.1 Å². The van der Waals surface area contributed by atoms with Gasteiger partial charge in [-0.1, -0.05) is 0 Å². The molecule has 0 aliphatic carbocycles. The highest BCUT2D eigenvalue weighted by atomic mass is 19.1. The van der Waals surface area contributed by atoms with Gasteiger partial charge in [0.2, 0.25) is 11.8 Å². The molecule has 0 aliphatic heterocycles. The van der Waals surface area contributed by atoms with Crippen molar-refractivity contribution >= 4 is 23.5 Å². The van der Waals surface area contributed by atoms with Gasteiger partial charge in [-0.05, 0) is 24.6 Å². The topological polar surface area (TPSA) is 136 Å². The highest BCUT2D eigenvalue weighted by molar-refractivity contribution is 5.98. The fourth-order valence-electron chi connectivity index (χ4n) is 1.41. The molecule has 6 N–H and O–H groups in total. The lowest BCUT2D eigenvalue weighted by atomic mass is 10.1. The van der Waals surface area contributed by atoms with E-state index in [1.807, 2.05) is 0 Å². The molecular formula is C12H14FN3O4. The van der Waals surface area contributed by atoms with Crippen molar-refractivity contribution in [1.82, 2.24) is 0 Å². The molecule has 0 radical (unpaired) electrons. The lowest BCUT2D eigenvalue weighted by Crippen LogP contribution is -2.36. The van der Waals surface area contributed by atoms with Gasteiger partial charge in [0.05, 0.1) is 11.7 Å². The summed E-state index contributed by atoms with van der Waals surface area (Å²) in [6.07, 6.45) is -0.364. The average molecular weight is 283 g/mol. The van der Waals surface area contributed by atoms with Gasteiger partial charge >= 0.3 is 5.97 Å². The Balaban J connectivity index is 2.77. The molecule has 1 unspecified atom stereocenters. The number of amides is 2. The molecule has 1 aromatic rings. The zero-order valence-corrected chi connectivity index (χ0v) is 10.4. The molecule has 7 nitrogen and oxygen atoms in total. The third-order valence-corrected chi connectivity index (χ3v) is 2.51. The third kappa shape index (κ3) is 4.32. The Morgan fingerprint density at radius 3 is 2.55 bits per heavy atom. The van der Waals surface area contributed by atoms with Gasteiger partial charge in [0, 0.05) is 12.0 Å². The largest absolute Gasteiger partial charge is 0.481 e. The average Bonchev–Trinajstić information content (AvgIpc) is 2.37. The number of primary amides is 1. The van der Waals surface area contributed by atoms with Crippen LogP contribution in [-0.2, 0) is 9.59 Å². The van der Waals surface area contributed by atoms with E-state index in [0.29, 0.717) is 0 Å². The van der Waals surface area contributed by atoms with Gasteiger partial charge in [0.25, 0.3) is 0 Å². The van der Waals surface area contributed by atoms with Crippen molar-refractivity contribution in [2.24, 2.45) is 11.5 Å². The number of hydrogen-bond acceptors (Lipinski definition) is 4. The standard InChI is InChI=1S/C12H14FN3O4/c13-7-2-1-6(11(15)19)5-9(7)16-12(20)8(14)3-4-10(17)18/h1-2,5,8H,3-4,14H2,(H2,15,19)(H,16,20)(H,17,18). The van der Waals surface area contributed by atoms with Crippen molar-refractivity contribution in [3.05, 3.63) is 29.6 Å². The number of hydrogen-bond donors (Lipinski definition) is 4. The molecule has 0 bridgehead atoms. The van der Waals surface area contributed by atoms with Crippen molar-refractivity contribution in [2.75, 3.05) is 5.32 Å². The SMILES string of the molecule is NC(=O)c1ccc(F)c(NC(=O)C(N)CCC(=O)O)c1. The Labute approximate surface area is 113 Å². The van der Waals surface area contributed by atoms with Crippen LogP contribution in [0, 0.1) is 5.82 Å². The molecule has 2 amide bonds. The Kier molecular flexibility index (Phi) is 5.15. The summed E-state index contributed by atoms with van der Waals surface area (Å²) >= 11 is 0. The van der Waals surface area contributed by atoms with Crippen molar-refractivity contribution in [1.29, 1.82) is 0 Å². The Hall–Kier alpha value is -2.48. The third-order valence-electron chi connectivity index (χ3n) is 2.51. The van der Waals surface area contributed by atoms with Gasteiger partial charge in [-0.25, -0.2) is 4.39 Å². The maximum Gasteiger partial charge on any atom is 0.303 e. The normalized spacial score (nSPS) is 11.7. The summed E-state index contributed by atoms with van der Waals surface area (Å²) in [5, 5.41) is 10.7. The maximum atomic E-state index is 13.5. The van der Waals surface area contributed by atoms with Crippen LogP contribution >= 0.6 is 0 Å². The molecule has 0 aromatic heterocycles. The second kappa shape index (κ2) is 6.62. The van der Waals surface area contributed by atoms with E-state index in [9.17, 15) is 18.8 Å². The number of rotatable bonds is 6. The van der Waals surface area contributed by atoms with Gasteiger partial charge in [-0.2, -0.15) is 0 Å². The van der Waals surface area contributed by atoms with Crippen LogP contribution in [0.1, 0.15) is 23.2 Å². The Morgan fingerprint density at radius 1 is 1.35 bits per heavy atom. The molecule has 1 rings (SSSR count). The van der Waals surface area contributed by atoms with E-state index < -0.39 is 29.6 Å². The smallest absolute Gasteiger partial charge is 0.303 e. The number of nitrogens with two attached hydrogens (primary N) is 2. The fraction of sp³-hybridized carbons (Fsp3) is 0.250. The summed E-state index contributed by atoms with van der Waals surface area (Å²) < 4.78 is 13.5. The molecule has 1 aromatic carbocycles. The zero-order chi connectivity index (χ0) is 15.3. The number of benzene rings is 1. The van der Waals surface area contributed by atoms with Gasteiger partial charge < -0.3 is 21.9 Å². The van der Waals surface area contributed by atoms with E-state index in [-0.39, 0.29) is 24.1 Å². The molecule has 0 heterocycles. The zero-order valence-electron chi connectivity index (χ0n) is 10.4. The maximum absolute atomic E-state index is 13.5. The van der Waals surface area contributed by atoms with Crippen LogP contribution in [0.2, 0.25) is 0 Å². The quantitative estimate of drug-likeness (QED) is 0.585. The van der Waals surface area contributed by atoms with Crippen LogP contribution in [0.5, 0.6) is 0 Å². The van der Waals surface area contributed by atoms with Crippen LogP contribution in [-0.4, -0.2) is 28.9 Å². The van der Waals surface area contributed by atoms with Crippen molar-refractivity contribution in [3.8, 4) is 0 Å². The molecule has 0 saturated heterocycles. The predicted octanol–water partition coefficient (Wildman–Crippen LogP) is 0.0552. The monoisotopic (exact) mass is 283 g/mol. The summed E-state index contributed by atoms with van der Waals surface area (Å²) in [6, 6.07) is 2.15. The lowest BCUT2D eigenvalue weighted by molar-refractivity contribution is -0.137. The van der Waals surface area contributed by atoms with E-state index in [4.69, 9.17) is 16.6 Å². The van der Waals surface area contributed by atoms with Crippen LogP contribution < -0.4 is 16.8 Å². The van der Waals surface area contributed by atoms with Gasteiger partial charge in [0.1, 0.15) is 5.82 Å². The number of carboxylic acid groups (broad SMARTS) is 1. The van der Waals surface area contributed by atoms with Crippen molar-refractivity contribution < 1.29 is 23.9 Å². The molecule has 1 atom stereocenters. The summed E-state index contributed by atoms with van der Waals surface area (Å²) in [4.78, 5) is 33.0. The number of nitrogens with one attached hydrogen (secondary N) is 1. The van der Waals surface area contributed by atoms with Crippen LogP contribution in [0.25, 0.3) is 0 Å². The number of aliphatic carboxylic acids is 1. The number of anilines is 1. The minimum absolute atomic E-state index is 0.0285. The second-order valence-corrected chi connectivity index (χ2v) is 4.09. The number of carboxylic acids is 1. The summed E-state index contributed by atoms with van der Waals surface area (Å²) in [5.41, 5.74) is 10.3. The van der Waals surface area contributed by atoms with Gasteiger partial charge in [-0.15, -0.1) is 0 Å². The van der Waals surface area contributed by atoms with E-state index >= 15 is 0 Å². The number of carbonyl (C=O) groups is 3. The molecule has 0 fully saturated rings.